The molecule has 24 heavy (non-hydrogen) atoms. The van der Waals surface area contributed by atoms with E-state index < -0.39 is 18.0 Å². The predicted octanol–water partition coefficient (Wildman–Crippen LogP) is 3.09. The Kier molecular flexibility index (Phi) is 6.19. The van der Waals surface area contributed by atoms with E-state index in [1.54, 1.807) is 38.1 Å². The van der Waals surface area contributed by atoms with Crippen LogP contribution in [0.1, 0.15) is 13.8 Å². The van der Waals surface area contributed by atoms with Gasteiger partial charge in [0.05, 0.1) is 0 Å². The van der Waals surface area contributed by atoms with Crippen molar-refractivity contribution >= 4 is 11.9 Å². The van der Waals surface area contributed by atoms with Crippen molar-refractivity contribution in [2.45, 2.75) is 20.0 Å². The van der Waals surface area contributed by atoms with E-state index in [1.165, 1.54) is 0 Å². The summed E-state index contributed by atoms with van der Waals surface area (Å²) in [4.78, 5) is 23.2. The van der Waals surface area contributed by atoms with Gasteiger partial charge >= 0.3 is 6.03 Å². The van der Waals surface area contributed by atoms with Crippen LogP contribution >= 0.6 is 0 Å². The lowest BCUT2D eigenvalue weighted by atomic mass is 10.3. The summed E-state index contributed by atoms with van der Waals surface area (Å²) in [7, 11) is 0. The zero-order chi connectivity index (χ0) is 17.4. The molecule has 2 N–H and O–H groups in total. The van der Waals surface area contributed by atoms with Gasteiger partial charge in [0, 0.05) is 12.6 Å². The number of hydrogen-bond donors (Lipinski definition) is 2. The Balaban J connectivity index is 1.96. The van der Waals surface area contributed by atoms with Gasteiger partial charge in [-0.15, -0.1) is 0 Å². The van der Waals surface area contributed by atoms with Crippen LogP contribution in [0, 0.1) is 0 Å². The van der Waals surface area contributed by atoms with Gasteiger partial charge in [-0.1, -0.05) is 24.3 Å². The third-order valence-corrected chi connectivity index (χ3v) is 3.04. The molecule has 2 rings (SSSR count). The molecule has 126 valence electrons. The topological polar surface area (TPSA) is 76.7 Å². The molecule has 0 aliphatic rings. The number of nitrogens with one attached hydrogen (secondary N) is 2. The average molecular weight is 328 g/mol. The third kappa shape index (κ3) is 5.31. The Bertz CT molecular complexity index is 688. The number of ether oxygens (including phenoxy) is 2. The smallest absolute Gasteiger partial charge is 0.321 e. The number of carbonyl (C=O) groups is 2. The molecule has 0 bridgehead atoms. The minimum Gasteiger partial charge on any atom is -0.481 e. The molecule has 2 aromatic carbocycles. The molecule has 0 heterocycles. The fourth-order valence-electron chi connectivity index (χ4n) is 1.91. The second-order valence-electron chi connectivity index (χ2n) is 5.00. The average Bonchev–Trinajstić information content (AvgIpc) is 2.56. The molecular formula is C18H20N2O4. The molecule has 0 radical (unpaired) electrons. The molecule has 0 spiro atoms. The number of carbonyl (C=O) groups excluding carboxylic acids is 2. The number of urea groups is 1. The highest BCUT2D eigenvalue weighted by Crippen LogP contribution is 2.25. The summed E-state index contributed by atoms with van der Waals surface area (Å²) in [6, 6.07) is 15.8. The molecule has 6 nitrogen and oxygen atoms in total. The first kappa shape index (κ1) is 17.3. The number of rotatable bonds is 6. The molecule has 0 aliphatic carbocycles. The van der Waals surface area contributed by atoms with Crippen molar-refractivity contribution in [3.8, 4) is 17.2 Å². The van der Waals surface area contributed by atoms with Crippen molar-refractivity contribution < 1.29 is 19.1 Å². The van der Waals surface area contributed by atoms with Gasteiger partial charge in [0.25, 0.3) is 5.91 Å². The van der Waals surface area contributed by atoms with Crippen LogP contribution in [0.5, 0.6) is 17.2 Å². The van der Waals surface area contributed by atoms with Gasteiger partial charge in [0.15, 0.2) is 6.10 Å². The molecule has 0 fully saturated rings. The molecule has 6 heteroatoms. The first-order valence-corrected chi connectivity index (χ1v) is 7.67. The van der Waals surface area contributed by atoms with E-state index in [0.29, 0.717) is 23.8 Å². The van der Waals surface area contributed by atoms with Gasteiger partial charge in [0.1, 0.15) is 17.2 Å². The van der Waals surface area contributed by atoms with Crippen LogP contribution in [0.4, 0.5) is 4.79 Å². The maximum absolute atomic E-state index is 11.9. The van der Waals surface area contributed by atoms with Crippen LogP contribution < -0.4 is 20.1 Å². The number of hydrogen-bond acceptors (Lipinski definition) is 4. The summed E-state index contributed by atoms with van der Waals surface area (Å²) in [6.45, 7) is 3.77. The molecule has 1 atom stereocenters. The standard InChI is InChI=1S/C18H20N2O4/c1-3-19-18(22)20-17(21)13(2)23-15-10-7-11-16(12-15)24-14-8-5-4-6-9-14/h4-13H,3H2,1-2H3,(H2,19,20,21,22)/t13-/m1/s1. The Morgan fingerprint density at radius 2 is 1.67 bits per heavy atom. The van der Waals surface area contributed by atoms with Crippen molar-refractivity contribution in [1.82, 2.24) is 10.6 Å². The molecule has 0 saturated carbocycles. The summed E-state index contributed by atoms with van der Waals surface area (Å²) in [5.74, 6) is 1.25. The molecule has 0 aromatic heterocycles. The van der Waals surface area contributed by atoms with E-state index in [0.717, 1.165) is 0 Å². The zero-order valence-electron chi connectivity index (χ0n) is 13.6. The normalized spacial score (nSPS) is 11.2. The SMILES string of the molecule is CCNC(=O)NC(=O)[C@@H](C)Oc1cccc(Oc2ccccc2)c1. The van der Waals surface area contributed by atoms with Crippen LogP contribution in [-0.2, 0) is 4.79 Å². The van der Waals surface area contributed by atoms with Gasteiger partial charge in [0.2, 0.25) is 0 Å². The Hall–Kier alpha value is -3.02. The van der Waals surface area contributed by atoms with Gasteiger partial charge in [-0.25, -0.2) is 4.79 Å². The van der Waals surface area contributed by atoms with Gasteiger partial charge < -0.3 is 14.8 Å². The van der Waals surface area contributed by atoms with Gasteiger partial charge in [-0.2, -0.15) is 0 Å². The summed E-state index contributed by atoms with van der Waals surface area (Å²) in [5.41, 5.74) is 0. The lowest BCUT2D eigenvalue weighted by Crippen LogP contribution is -2.45. The van der Waals surface area contributed by atoms with Crippen LogP contribution in [-0.4, -0.2) is 24.6 Å². The van der Waals surface area contributed by atoms with Crippen LogP contribution in [0.3, 0.4) is 0 Å². The predicted molar refractivity (Wildman–Crippen MR) is 90.3 cm³/mol. The lowest BCUT2D eigenvalue weighted by molar-refractivity contribution is -0.126. The largest absolute Gasteiger partial charge is 0.481 e. The molecule has 3 amide bonds. The molecule has 0 saturated heterocycles. The van der Waals surface area contributed by atoms with E-state index in [2.05, 4.69) is 10.6 Å². The first-order valence-electron chi connectivity index (χ1n) is 7.67. The number of para-hydroxylation sites is 1. The summed E-state index contributed by atoms with van der Waals surface area (Å²) in [6.07, 6.45) is -0.820. The second kappa shape index (κ2) is 8.57. The second-order valence-corrected chi connectivity index (χ2v) is 5.00. The summed E-state index contributed by atoms with van der Waals surface area (Å²) >= 11 is 0. The molecular weight excluding hydrogens is 308 g/mol. The van der Waals surface area contributed by atoms with Crippen molar-refractivity contribution in [1.29, 1.82) is 0 Å². The highest BCUT2D eigenvalue weighted by Gasteiger charge is 2.17. The van der Waals surface area contributed by atoms with Gasteiger partial charge in [-0.3, -0.25) is 10.1 Å². The van der Waals surface area contributed by atoms with E-state index in [9.17, 15) is 9.59 Å². The van der Waals surface area contributed by atoms with Crippen LogP contribution in [0.2, 0.25) is 0 Å². The Morgan fingerprint density at radius 3 is 2.38 bits per heavy atom. The number of imide groups is 1. The van der Waals surface area contributed by atoms with Crippen LogP contribution in [0.25, 0.3) is 0 Å². The maximum atomic E-state index is 11.9. The fraction of sp³-hybridized carbons (Fsp3) is 0.222. The minimum atomic E-state index is -0.820. The monoisotopic (exact) mass is 328 g/mol. The van der Waals surface area contributed by atoms with Crippen LogP contribution in [0.15, 0.2) is 54.6 Å². The summed E-state index contributed by atoms with van der Waals surface area (Å²) < 4.78 is 11.3. The van der Waals surface area contributed by atoms with Crippen molar-refractivity contribution in [2.24, 2.45) is 0 Å². The van der Waals surface area contributed by atoms with Crippen molar-refractivity contribution in [3.63, 3.8) is 0 Å². The highest BCUT2D eigenvalue weighted by molar-refractivity contribution is 5.96. The van der Waals surface area contributed by atoms with E-state index in [4.69, 9.17) is 9.47 Å². The fourth-order valence-corrected chi connectivity index (χ4v) is 1.91. The zero-order valence-corrected chi connectivity index (χ0v) is 13.6. The van der Waals surface area contributed by atoms with E-state index >= 15 is 0 Å². The van der Waals surface area contributed by atoms with E-state index in [-0.39, 0.29) is 0 Å². The highest BCUT2D eigenvalue weighted by atomic mass is 16.5. The molecule has 2 aromatic rings. The van der Waals surface area contributed by atoms with E-state index in [1.807, 2.05) is 30.3 Å². The molecule has 0 unspecified atom stereocenters. The maximum Gasteiger partial charge on any atom is 0.321 e. The first-order chi connectivity index (χ1) is 11.6. The lowest BCUT2D eigenvalue weighted by Gasteiger charge is -2.15. The number of amides is 3. The summed E-state index contributed by atoms with van der Waals surface area (Å²) in [5, 5.41) is 4.70. The third-order valence-electron chi connectivity index (χ3n) is 3.04. The molecule has 0 aliphatic heterocycles. The van der Waals surface area contributed by atoms with Gasteiger partial charge in [-0.05, 0) is 38.1 Å². The van der Waals surface area contributed by atoms with Crippen molar-refractivity contribution in [3.05, 3.63) is 54.6 Å². The minimum absolute atomic E-state index is 0.438. The Morgan fingerprint density at radius 1 is 1.00 bits per heavy atom. The Labute approximate surface area is 140 Å². The van der Waals surface area contributed by atoms with Crippen molar-refractivity contribution in [2.75, 3.05) is 6.54 Å². The quantitative estimate of drug-likeness (QED) is 0.854. The number of benzene rings is 2.